The fourth-order valence-corrected chi connectivity index (χ4v) is 1.67. The second-order valence-corrected chi connectivity index (χ2v) is 3.49. The van der Waals surface area contributed by atoms with Crippen molar-refractivity contribution in [3.8, 4) is 0 Å². The lowest BCUT2D eigenvalue weighted by atomic mass is 10.3. The van der Waals surface area contributed by atoms with Crippen LogP contribution < -0.4 is 5.32 Å². The summed E-state index contributed by atoms with van der Waals surface area (Å²) in [7, 11) is 0. The Morgan fingerprint density at radius 1 is 1.40 bits per heavy atom. The van der Waals surface area contributed by atoms with Crippen molar-refractivity contribution in [3.63, 3.8) is 0 Å². The number of aliphatic hydroxyl groups is 1. The van der Waals surface area contributed by atoms with Crippen molar-refractivity contribution in [2.75, 3.05) is 31.6 Å². The average Bonchev–Trinajstić information content (AvgIpc) is 2.68. The molecule has 0 radical (unpaired) electrons. The van der Waals surface area contributed by atoms with Crippen LogP contribution in [0.3, 0.4) is 0 Å². The summed E-state index contributed by atoms with van der Waals surface area (Å²) < 4.78 is 5.53. The molecule has 2 rings (SSSR count). The summed E-state index contributed by atoms with van der Waals surface area (Å²) in [5.41, 5.74) is 1.03. The van der Waals surface area contributed by atoms with Crippen molar-refractivity contribution in [2.45, 2.75) is 6.35 Å². The van der Waals surface area contributed by atoms with E-state index in [4.69, 9.17) is 9.84 Å². The number of anilines is 1. The van der Waals surface area contributed by atoms with E-state index in [2.05, 4.69) is 10.2 Å². The average molecular weight is 208 g/mol. The molecule has 1 fully saturated rings. The number of hydrogen-bond donors (Lipinski definition) is 2. The first kappa shape index (κ1) is 10.4. The molecule has 15 heavy (non-hydrogen) atoms. The fraction of sp³-hybridized carbons (Fsp3) is 0.455. The molecule has 0 spiro atoms. The molecule has 1 aliphatic heterocycles. The molecule has 0 amide bonds. The zero-order valence-corrected chi connectivity index (χ0v) is 8.60. The van der Waals surface area contributed by atoms with Gasteiger partial charge in [0.15, 0.2) is 6.35 Å². The molecule has 4 heteroatoms. The maximum atomic E-state index is 8.89. The summed E-state index contributed by atoms with van der Waals surface area (Å²) in [6.45, 7) is 2.39. The third kappa shape index (κ3) is 2.68. The molecule has 1 saturated heterocycles. The van der Waals surface area contributed by atoms with Crippen molar-refractivity contribution < 1.29 is 9.84 Å². The van der Waals surface area contributed by atoms with Crippen molar-refractivity contribution in [1.29, 1.82) is 0 Å². The highest BCUT2D eigenvalue weighted by molar-refractivity contribution is 5.42. The molecule has 1 unspecified atom stereocenters. The van der Waals surface area contributed by atoms with Crippen LogP contribution in [0.4, 0.5) is 5.69 Å². The molecule has 2 N–H and O–H groups in total. The molecule has 0 saturated carbocycles. The van der Waals surface area contributed by atoms with E-state index < -0.39 is 0 Å². The van der Waals surface area contributed by atoms with Gasteiger partial charge in [-0.15, -0.1) is 0 Å². The molecule has 1 aromatic carbocycles. The summed E-state index contributed by atoms with van der Waals surface area (Å²) in [5, 5.41) is 12.2. The molecule has 1 aromatic rings. The highest BCUT2D eigenvalue weighted by Gasteiger charge is 2.24. The van der Waals surface area contributed by atoms with Gasteiger partial charge in [-0.3, -0.25) is 4.90 Å². The largest absolute Gasteiger partial charge is 0.395 e. The first-order chi connectivity index (χ1) is 7.40. The number of benzene rings is 1. The molecule has 0 aliphatic carbocycles. The van der Waals surface area contributed by atoms with Crippen LogP contribution in [-0.4, -0.2) is 42.7 Å². The van der Waals surface area contributed by atoms with E-state index in [0.29, 0.717) is 13.2 Å². The van der Waals surface area contributed by atoms with E-state index >= 15 is 0 Å². The van der Waals surface area contributed by atoms with E-state index in [1.165, 1.54) is 0 Å². The SMILES string of the molecule is OCCN1CCOC1Nc1ccccc1. The number of nitrogens with one attached hydrogen (secondary N) is 1. The summed E-state index contributed by atoms with van der Waals surface area (Å²) in [6, 6.07) is 9.94. The third-order valence-electron chi connectivity index (χ3n) is 2.44. The number of aliphatic hydroxyl groups excluding tert-OH is 1. The molecule has 1 atom stereocenters. The van der Waals surface area contributed by atoms with Crippen LogP contribution in [0.2, 0.25) is 0 Å². The third-order valence-corrected chi connectivity index (χ3v) is 2.44. The minimum Gasteiger partial charge on any atom is -0.395 e. The highest BCUT2D eigenvalue weighted by Crippen LogP contribution is 2.14. The zero-order valence-electron chi connectivity index (χ0n) is 8.60. The first-order valence-corrected chi connectivity index (χ1v) is 5.18. The lowest BCUT2D eigenvalue weighted by Crippen LogP contribution is -2.38. The molecule has 0 bridgehead atoms. The zero-order chi connectivity index (χ0) is 10.5. The van der Waals surface area contributed by atoms with Crippen molar-refractivity contribution in [1.82, 2.24) is 4.90 Å². The second-order valence-electron chi connectivity index (χ2n) is 3.49. The second kappa shape index (κ2) is 5.11. The number of β-amino-alcohol motifs (C(OH)–C–C–N with tert-alkyl or cyclic N) is 1. The van der Waals surface area contributed by atoms with E-state index in [0.717, 1.165) is 12.2 Å². The topological polar surface area (TPSA) is 44.7 Å². The molecular formula is C11H16N2O2. The molecule has 1 heterocycles. The number of nitrogens with zero attached hydrogens (tertiary/aromatic N) is 1. The summed E-state index contributed by atoms with van der Waals surface area (Å²) >= 11 is 0. The van der Waals surface area contributed by atoms with Gasteiger partial charge in [-0.2, -0.15) is 0 Å². The van der Waals surface area contributed by atoms with Gasteiger partial charge in [-0.25, -0.2) is 0 Å². The van der Waals surface area contributed by atoms with E-state index in [-0.39, 0.29) is 13.0 Å². The maximum Gasteiger partial charge on any atom is 0.186 e. The minimum absolute atomic E-state index is 0.112. The monoisotopic (exact) mass is 208 g/mol. The number of ether oxygens (including phenoxy) is 1. The Hall–Kier alpha value is -1.10. The van der Waals surface area contributed by atoms with Gasteiger partial charge in [-0.05, 0) is 12.1 Å². The Labute approximate surface area is 89.5 Å². The van der Waals surface area contributed by atoms with Gasteiger partial charge in [0.25, 0.3) is 0 Å². The molecular weight excluding hydrogens is 192 g/mol. The van der Waals surface area contributed by atoms with Crippen LogP contribution in [0.1, 0.15) is 0 Å². The smallest absolute Gasteiger partial charge is 0.186 e. The van der Waals surface area contributed by atoms with Crippen molar-refractivity contribution in [2.24, 2.45) is 0 Å². The number of para-hydroxylation sites is 1. The van der Waals surface area contributed by atoms with Gasteiger partial charge in [-0.1, -0.05) is 18.2 Å². The lowest BCUT2D eigenvalue weighted by Gasteiger charge is -2.23. The predicted octanol–water partition coefficient (Wildman–Crippen LogP) is 0.707. The number of rotatable bonds is 4. The quantitative estimate of drug-likeness (QED) is 0.764. The van der Waals surface area contributed by atoms with Gasteiger partial charge in [0.2, 0.25) is 0 Å². The predicted molar refractivity (Wildman–Crippen MR) is 58.5 cm³/mol. The molecule has 1 aliphatic rings. The summed E-state index contributed by atoms with van der Waals surface area (Å²) in [5.74, 6) is 0. The van der Waals surface area contributed by atoms with Crippen molar-refractivity contribution in [3.05, 3.63) is 30.3 Å². The van der Waals surface area contributed by atoms with Crippen LogP contribution in [0.25, 0.3) is 0 Å². The Morgan fingerprint density at radius 3 is 2.93 bits per heavy atom. The minimum atomic E-state index is -0.112. The molecule has 4 nitrogen and oxygen atoms in total. The lowest BCUT2D eigenvalue weighted by molar-refractivity contribution is 0.0487. The molecule has 82 valence electrons. The van der Waals surface area contributed by atoms with Gasteiger partial charge in [0.1, 0.15) is 0 Å². The van der Waals surface area contributed by atoms with Crippen LogP contribution in [-0.2, 0) is 4.74 Å². The standard InChI is InChI=1S/C11H16N2O2/c14-8-6-13-7-9-15-11(13)12-10-4-2-1-3-5-10/h1-5,11-12,14H,6-9H2. The van der Waals surface area contributed by atoms with Crippen LogP contribution in [0, 0.1) is 0 Å². The van der Waals surface area contributed by atoms with Gasteiger partial charge in [0, 0.05) is 18.8 Å². The summed E-state index contributed by atoms with van der Waals surface area (Å²) in [4.78, 5) is 2.08. The Balaban J connectivity index is 1.93. The van der Waals surface area contributed by atoms with E-state index in [1.54, 1.807) is 0 Å². The first-order valence-electron chi connectivity index (χ1n) is 5.18. The van der Waals surface area contributed by atoms with Crippen LogP contribution >= 0.6 is 0 Å². The van der Waals surface area contributed by atoms with Gasteiger partial charge < -0.3 is 15.2 Å². The van der Waals surface area contributed by atoms with Gasteiger partial charge in [0.05, 0.1) is 13.2 Å². The Morgan fingerprint density at radius 2 is 2.20 bits per heavy atom. The van der Waals surface area contributed by atoms with Gasteiger partial charge >= 0.3 is 0 Å². The number of hydrogen-bond acceptors (Lipinski definition) is 4. The van der Waals surface area contributed by atoms with Crippen LogP contribution in [0.15, 0.2) is 30.3 Å². The van der Waals surface area contributed by atoms with Crippen LogP contribution in [0.5, 0.6) is 0 Å². The van der Waals surface area contributed by atoms with E-state index in [9.17, 15) is 0 Å². The normalized spacial score (nSPS) is 21.8. The fourth-order valence-electron chi connectivity index (χ4n) is 1.67. The Kier molecular flexibility index (Phi) is 3.55. The van der Waals surface area contributed by atoms with Crippen molar-refractivity contribution >= 4 is 5.69 Å². The summed E-state index contributed by atoms with van der Waals surface area (Å²) in [6.07, 6.45) is -0.112. The highest BCUT2D eigenvalue weighted by atomic mass is 16.5. The maximum absolute atomic E-state index is 8.89. The van der Waals surface area contributed by atoms with E-state index in [1.807, 2.05) is 30.3 Å². The Bertz CT molecular complexity index is 292. The molecule has 0 aromatic heterocycles.